The van der Waals surface area contributed by atoms with Crippen LogP contribution in [0.2, 0.25) is 0 Å². The monoisotopic (exact) mass is 300 g/mol. The Morgan fingerprint density at radius 1 is 1.32 bits per heavy atom. The molecule has 0 bridgehead atoms. The van der Waals surface area contributed by atoms with E-state index in [9.17, 15) is 4.79 Å². The topological polar surface area (TPSA) is 45.3 Å². The number of benzene rings is 1. The van der Waals surface area contributed by atoms with Crippen molar-refractivity contribution in [3.63, 3.8) is 0 Å². The highest BCUT2D eigenvalue weighted by atomic mass is 16.5. The molecule has 0 aliphatic carbocycles. The molecule has 1 aliphatic rings. The number of hydrogen-bond acceptors (Lipinski definition) is 3. The molecule has 0 amide bonds. The minimum atomic E-state index is 0.181. The van der Waals surface area contributed by atoms with E-state index in [1.165, 1.54) is 5.56 Å². The van der Waals surface area contributed by atoms with Gasteiger partial charge in [0.1, 0.15) is 0 Å². The molecular formula is C18H24N2O2. The third kappa shape index (κ3) is 2.94. The highest BCUT2D eigenvalue weighted by Gasteiger charge is 2.25. The number of ether oxygens (including phenoxy) is 1. The largest absolute Gasteiger partial charge is 0.373 e. The van der Waals surface area contributed by atoms with Crippen LogP contribution in [0.5, 0.6) is 0 Å². The molecule has 2 aromatic rings. The van der Waals surface area contributed by atoms with Gasteiger partial charge in [-0.2, -0.15) is 0 Å². The Morgan fingerprint density at radius 3 is 2.73 bits per heavy atom. The van der Waals surface area contributed by atoms with Crippen molar-refractivity contribution < 1.29 is 9.53 Å². The van der Waals surface area contributed by atoms with Crippen molar-refractivity contribution in [2.24, 2.45) is 0 Å². The summed E-state index contributed by atoms with van der Waals surface area (Å²) in [4.78, 5) is 18.2. The van der Waals surface area contributed by atoms with Crippen LogP contribution in [-0.2, 0) is 11.2 Å². The Morgan fingerprint density at radius 2 is 2.05 bits per heavy atom. The summed E-state index contributed by atoms with van der Waals surface area (Å²) in [5.41, 5.74) is 3.15. The fraction of sp³-hybridized carbons (Fsp3) is 0.500. The lowest BCUT2D eigenvalue weighted by Gasteiger charge is -2.34. The number of nitrogens with zero attached hydrogens (tertiary/aromatic N) is 1. The van der Waals surface area contributed by atoms with Crippen LogP contribution < -0.4 is 0 Å². The Hall–Kier alpha value is -1.65. The van der Waals surface area contributed by atoms with Crippen LogP contribution in [0.15, 0.2) is 24.4 Å². The van der Waals surface area contributed by atoms with Crippen molar-refractivity contribution in [2.75, 3.05) is 19.6 Å². The van der Waals surface area contributed by atoms with E-state index < -0.39 is 0 Å². The molecule has 0 radical (unpaired) electrons. The summed E-state index contributed by atoms with van der Waals surface area (Å²) >= 11 is 0. The summed E-state index contributed by atoms with van der Waals surface area (Å²) in [5.74, 6) is 0.181. The second-order valence-electron chi connectivity index (χ2n) is 6.27. The second kappa shape index (κ2) is 6.23. The fourth-order valence-corrected chi connectivity index (χ4v) is 3.44. The van der Waals surface area contributed by atoms with Crippen molar-refractivity contribution in [2.45, 2.75) is 39.4 Å². The van der Waals surface area contributed by atoms with Crippen LogP contribution in [-0.4, -0.2) is 47.5 Å². The second-order valence-corrected chi connectivity index (χ2v) is 6.27. The first-order valence-corrected chi connectivity index (χ1v) is 8.08. The predicted octanol–water partition coefficient (Wildman–Crippen LogP) is 3.02. The highest BCUT2D eigenvalue weighted by Crippen LogP contribution is 2.23. The number of para-hydroxylation sites is 1. The number of carbonyl (C=O) groups is 1. The molecule has 2 unspecified atom stereocenters. The Kier molecular flexibility index (Phi) is 4.32. The number of carbonyl (C=O) groups excluding carboxylic acids is 1. The maximum atomic E-state index is 12.7. The van der Waals surface area contributed by atoms with Gasteiger partial charge < -0.3 is 9.72 Å². The van der Waals surface area contributed by atoms with E-state index >= 15 is 0 Å². The van der Waals surface area contributed by atoms with Gasteiger partial charge in [0.05, 0.1) is 18.8 Å². The first kappa shape index (κ1) is 15.3. The molecule has 1 N–H and O–H groups in total. The zero-order valence-corrected chi connectivity index (χ0v) is 13.6. The van der Waals surface area contributed by atoms with Crippen molar-refractivity contribution in [3.8, 4) is 0 Å². The van der Waals surface area contributed by atoms with E-state index in [0.29, 0.717) is 6.54 Å². The van der Waals surface area contributed by atoms with Crippen molar-refractivity contribution >= 4 is 16.7 Å². The van der Waals surface area contributed by atoms with E-state index in [-0.39, 0.29) is 18.0 Å². The normalized spacial score (nSPS) is 23.0. The molecule has 22 heavy (non-hydrogen) atoms. The van der Waals surface area contributed by atoms with Gasteiger partial charge in [-0.05, 0) is 25.8 Å². The molecular weight excluding hydrogens is 276 g/mol. The van der Waals surface area contributed by atoms with Gasteiger partial charge in [0.15, 0.2) is 5.78 Å². The molecule has 1 aromatic carbocycles. The molecule has 1 saturated heterocycles. The van der Waals surface area contributed by atoms with E-state index in [2.05, 4.69) is 36.7 Å². The number of aromatic amines is 1. The number of aryl methyl sites for hydroxylation is 1. The Labute approximate surface area is 131 Å². The molecule has 4 nitrogen and oxygen atoms in total. The summed E-state index contributed by atoms with van der Waals surface area (Å²) in [6, 6.07) is 6.17. The van der Waals surface area contributed by atoms with Crippen LogP contribution in [0.25, 0.3) is 10.9 Å². The third-order valence-electron chi connectivity index (χ3n) is 4.35. The van der Waals surface area contributed by atoms with Gasteiger partial charge in [0, 0.05) is 35.8 Å². The van der Waals surface area contributed by atoms with Crippen molar-refractivity contribution in [1.29, 1.82) is 0 Å². The van der Waals surface area contributed by atoms with Gasteiger partial charge >= 0.3 is 0 Å². The number of Topliss-reactive ketones (excluding diaryl/α,β-unsaturated/α-hetero) is 1. The standard InChI is InChI=1S/C18H24N2O2/c1-4-14-6-5-7-15-16(8-19-18(14)15)17(21)11-20-9-12(2)22-13(3)10-20/h5-8,12-13,19H,4,9-11H2,1-3H3. The van der Waals surface area contributed by atoms with E-state index in [1.54, 1.807) is 0 Å². The zero-order chi connectivity index (χ0) is 15.7. The summed E-state index contributed by atoms with van der Waals surface area (Å²) in [6.07, 6.45) is 3.20. The van der Waals surface area contributed by atoms with Crippen molar-refractivity contribution in [1.82, 2.24) is 9.88 Å². The molecule has 0 spiro atoms. The van der Waals surface area contributed by atoms with Gasteiger partial charge in [-0.25, -0.2) is 0 Å². The van der Waals surface area contributed by atoms with Crippen LogP contribution in [0, 0.1) is 0 Å². The lowest BCUT2D eigenvalue weighted by atomic mass is 10.0. The van der Waals surface area contributed by atoms with Gasteiger partial charge in [0.25, 0.3) is 0 Å². The number of ketones is 1. The van der Waals surface area contributed by atoms with Gasteiger partial charge in [-0.3, -0.25) is 9.69 Å². The molecule has 2 heterocycles. The summed E-state index contributed by atoms with van der Waals surface area (Å²) in [6.45, 7) is 8.35. The van der Waals surface area contributed by atoms with Crippen LogP contribution in [0.1, 0.15) is 36.7 Å². The Bertz CT molecular complexity index is 667. The number of nitrogens with one attached hydrogen (secondary N) is 1. The molecule has 0 saturated carbocycles. The molecule has 1 fully saturated rings. The first-order valence-electron chi connectivity index (χ1n) is 8.08. The van der Waals surface area contributed by atoms with E-state index in [0.717, 1.165) is 36.0 Å². The summed E-state index contributed by atoms with van der Waals surface area (Å²) in [5, 5.41) is 1.04. The number of hydrogen-bond donors (Lipinski definition) is 1. The lowest BCUT2D eigenvalue weighted by molar-refractivity contribution is -0.0652. The quantitative estimate of drug-likeness (QED) is 0.883. The van der Waals surface area contributed by atoms with E-state index in [4.69, 9.17) is 4.74 Å². The summed E-state index contributed by atoms with van der Waals surface area (Å²) < 4.78 is 5.73. The van der Waals surface area contributed by atoms with Gasteiger partial charge in [0.2, 0.25) is 0 Å². The zero-order valence-electron chi connectivity index (χ0n) is 13.6. The Balaban J connectivity index is 1.81. The number of aromatic nitrogens is 1. The molecule has 4 heteroatoms. The SMILES string of the molecule is CCc1cccc2c(C(=O)CN3CC(C)OC(C)C3)c[nH]c12. The minimum absolute atomic E-state index is 0.181. The molecule has 3 rings (SSSR count). The molecule has 1 aliphatic heterocycles. The number of rotatable bonds is 4. The van der Waals surface area contributed by atoms with E-state index in [1.807, 2.05) is 18.3 Å². The van der Waals surface area contributed by atoms with Crippen LogP contribution in [0.4, 0.5) is 0 Å². The number of morpholine rings is 1. The average molecular weight is 300 g/mol. The van der Waals surface area contributed by atoms with Crippen LogP contribution >= 0.6 is 0 Å². The maximum Gasteiger partial charge on any atom is 0.178 e. The van der Waals surface area contributed by atoms with Gasteiger partial charge in [-0.1, -0.05) is 25.1 Å². The average Bonchev–Trinajstić information content (AvgIpc) is 2.90. The highest BCUT2D eigenvalue weighted by molar-refractivity contribution is 6.09. The lowest BCUT2D eigenvalue weighted by Crippen LogP contribution is -2.47. The fourth-order valence-electron chi connectivity index (χ4n) is 3.44. The third-order valence-corrected chi connectivity index (χ3v) is 4.35. The molecule has 118 valence electrons. The number of H-pyrrole nitrogens is 1. The summed E-state index contributed by atoms with van der Waals surface area (Å²) in [7, 11) is 0. The van der Waals surface area contributed by atoms with Crippen molar-refractivity contribution in [3.05, 3.63) is 35.5 Å². The predicted molar refractivity (Wildman–Crippen MR) is 88.5 cm³/mol. The smallest absolute Gasteiger partial charge is 0.178 e. The van der Waals surface area contributed by atoms with Gasteiger partial charge in [-0.15, -0.1) is 0 Å². The maximum absolute atomic E-state index is 12.7. The first-order chi connectivity index (χ1) is 10.6. The van der Waals surface area contributed by atoms with Crippen LogP contribution in [0.3, 0.4) is 0 Å². The molecule has 1 aromatic heterocycles. The molecule has 2 atom stereocenters. The number of fused-ring (bicyclic) bond motifs is 1. The minimum Gasteiger partial charge on any atom is -0.373 e.